The number of carbonyl (C=O) groups is 1. The maximum absolute atomic E-state index is 12.0. The molecule has 2 atom stereocenters. The normalized spacial score (nSPS) is 15.7. The maximum Gasteiger partial charge on any atom is 0.488 e. The van der Waals surface area contributed by atoms with Gasteiger partial charge in [-0.1, -0.05) is 18.2 Å². The molecule has 0 aliphatic carbocycles. The van der Waals surface area contributed by atoms with Crippen molar-refractivity contribution in [3.05, 3.63) is 30.3 Å². The molecule has 6 nitrogen and oxygen atoms in total. The molecule has 0 fully saturated rings. The third-order valence-electron chi connectivity index (χ3n) is 1.86. The van der Waals surface area contributed by atoms with Gasteiger partial charge < -0.3 is 10.3 Å². The molecule has 1 rings (SSSR count). The molecule has 0 saturated carbocycles. The van der Waals surface area contributed by atoms with Crippen molar-refractivity contribution in [1.29, 1.82) is 0 Å². The molecule has 0 saturated heterocycles. The van der Waals surface area contributed by atoms with Crippen LogP contribution in [0.25, 0.3) is 0 Å². The molecule has 0 aliphatic heterocycles. The summed E-state index contributed by atoms with van der Waals surface area (Å²) in [6.45, 7) is 1.44. The number of hydrogen-bond donors (Lipinski definition) is 2. The lowest BCUT2D eigenvalue weighted by Crippen LogP contribution is -2.28. The molecule has 7 heteroatoms. The van der Waals surface area contributed by atoms with Gasteiger partial charge in [-0.05, 0) is 19.1 Å². The van der Waals surface area contributed by atoms with Crippen molar-refractivity contribution >= 4 is 19.4 Å². The van der Waals surface area contributed by atoms with Gasteiger partial charge in [0, 0.05) is 12.8 Å². The summed E-state index contributed by atoms with van der Waals surface area (Å²) in [5, 5.41) is 2.53. The molecule has 0 aliphatic rings. The van der Waals surface area contributed by atoms with Crippen LogP contribution in [-0.4, -0.2) is 19.1 Å². The summed E-state index contributed by atoms with van der Waals surface area (Å²) in [4.78, 5) is 11.3. The Balaban J connectivity index is 2.76. The minimum atomic E-state index is -3.71. The van der Waals surface area contributed by atoms with Crippen LogP contribution in [0.15, 0.2) is 30.3 Å². The summed E-state index contributed by atoms with van der Waals surface area (Å²) in [5.41, 5.74) is 5.84. The van der Waals surface area contributed by atoms with E-state index in [2.05, 4.69) is 5.09 Å². The number of nitrogens with one attached hydrogen (secondary N) is 1. The summed E-state index contributed by atoms with van der Waals surface area (Å²) >= 11 is 0. The van der Waals surface area contributed by atoms with Crippen molar-refractivity contribution < 1.29 is 18.4 Å². The van der Waals surface area contributed by atoms with E-state index in [1.165, 1.54) is 14.0 Å². The Morgan fingerprint density at radius 1 is 1.41 bits per heavy atom. The Hall–Kier alpha value is -1.36. The second-order valence-electron chi connectivity index (χ2n) is 3.36. The molecular formula is C10H15N2O4P. The van der Waals surface area contributed by atoms with Crippen LogP contribution in [0.3, 0.4) is 0 Å². The molecule has 1 aromatic carbocycles. The van der Waals surface area contributed by atoms with E-state index in [9.17, 15) is 9.36 Å². The number of rotatable bonds is 5. The van der Waals surface area contributed by atoms with Gasteiger partial charge in [0.25, 0.3) is 0 Å². The summed E-state index contributed by atoms with van der Waals surface area (Å²) < 4.78 is 21.5. The van der Waals surface area contributed by atoms with Crippen LogP contribution in [0.5, 0.6) is 0 Å². The molecule has 0 bridgehead atoms. The summed E-state index contributed by atoms with van der Waals surface area (Å²) in [6.07, 6.45) is 0. The Bertz CT molecular complexity index is 422. The lowest BCUT2D eigenvalue weighted by molar-refractivity contribution is -0.135. The Kier molecular flexibility index (Phi) is 4.69. The van der Waals surface area contributed by atoms with E-state index < -0.39 is 19.8 Å². The topological polar surface area (TPSA) is 90.6 Å². The van der Waals surface area contributed by atoms with E-state index in [0.29, 0.717) is 5.69 Å². The van der Waals surface area contributed by atoms with Gasteiger partial charge in [0.15, 0.2) is 0 Å². The van der Waals surface area contributed by atoms with Crippen molar-refractivity contribution in [2.45, 2.75) is 13.0 Å². The Morgan fingerprint density at radius 2 is 2.00 bits per heavy atom. The first kappa shape index (κ1) is 13.7. The zero-order chi connectivity index (χ0) is 12.9. The lowest BCUT2D eigenvalue weighted by Gasteiger charge is -2.18. The number of nitrogens with two attached hydrogens (primary N) is 1. The Labute approximate surface area is 99.7 Å². The zero-order valence-corrected chi connectivity index (χ0v) is 10.5. The van der Waals surface area contributed by atoms with Gasteiger partial charge >= 0.3 is 13.7 Å². The molecule has 94 valence electrons. The highest BCUT2D eigenvalue weighted by atomic mass is 31.2. The van der Waals surface area contributed by atoms with E-state index in [-0.39, 0.29) is 0 Å². The van der Waals surface area contributed by atoms with Crippen LogP contribution in [0.4, 0.5) is 5.69 Å². The van der Waals surface area contributed by atoms with E-state index in [0.717, 1.165) is 0 Å². The van der Waals surface area contributed by atoms with Gasteiger partial charge in [0.1, 0.15) is 6.04 Å². The molecule has 1 aromatic rings. The number of benzene rings is 1. The fraction of sp³-hybridized carbons (Fsp3) is 0.300. The van der Waals surface area contributed by atoms with E-state index in [1.54, 1.807) is 30.3 Å². The van der Waals surface area contributed by atoms with Crippen LogP contribution in [0.1, 0.15) is 6.92 Å². The largest absolute Gasteiger partial charge is 0.488 e. The van der Waals surface area contributed by atoms with Gasteiger partial charge in [0.05, 0.1) is 0 Å². The third kappa shape index (κ3) is 4.19. The minimum Gasteiger partial charge on any atom is -0.374 e. The highest BCUT2D eigenvalue weighted by Gasteiger charge is 2.29. The number of anilines is 1. The van der Waals surface area contributed by atoms with Crippen molar-refractivity contribution in [1.82, 2.24) is 0 Å². The average Bonchev–Trinajstić information content (AvgIpc) is 2.30. The molecule has 0 heterocycles. The fourth-order valence-electron chi connectivity index (χ4n) is 0.978. The van der Waals surface area contributed by atoms with Crippen molar-refractivity contribution in [2.24, 2.45) is 5.73 Å². The fourth-order valence-corrected chi connectivity index (χ4v) is 2.06. The summed E-state index contributed by atoms with van der Waals surface area (Å²) in [6, 6.07) is 7.77. The van der Waals surface area contributed by atoms with Crippen LogP contribution < -0.4 is 10.8 Å². The lowest BCUT2D eigenvalue weighted by atomic mass is 10.3. The standard InChI is InChI=1S/C10H15N2O4P/c1-8(11)10(13)16-17(14,15-2)12-9-6-4-3-5-7-9/h3-8H,11H2,1-2H3,(H,12,14)/t8-,17?/m0/s1. The van der Waals surface area contributed by atoms with Gasteiger partial charge in [-0.15, -0.1) is 0 Å². The van der Waals surface area contributed by atoms with Gasteiger partial charge in [-0.25, -0.2) is 9.36 Å². The average molecular weight is 258 g/mol. The van der Waals surface area contributed by atoms with Crippen molar-refractivity contribution in [2.75, 3.05) is 12.2 Å². The quantitative estimate of drug-likeness (QED) is 0.782. The first-order valence-corrected chi connectivity index (χ1v) is 6.49. The van der Waals surface area contributed by atoms with E-state index in [1.807, 2.05) is 0 Å². The molecule has 0 spiro atoms. The predicted octanol–water partition coefficient (Wildman–Crippen LogP) is 1.74. The third-order valence-corrected chi connectivity index (χ3v) is 3.30. The molecule has 3 N–H and O–H groups in total. The molecule has 17 heavy (non-hydrogen) atoms. The maximum atomic E-state index is 12.0. The van der Waals surface area contributed by atoms with Crippen LogP contribution in [0.2, 0.25) is 0 Å². The van der Waals surface area contributed by atoms with Crippen molar-refractivity contribution in [3.63, 3.8) is 0 Å². The first-order valence-electron chi connectivity index (χ1n) is 4.95. The first-order chi connectivity index (χ1) is 7.97. The molecule has 1 unspecified atom stereocenters. The summed E-state index contributed by atoms with van der Waals surface area (Å²) in [7, 11) is -2.53. The van der Waals surface area contributed by atoms with Crippen LogP contribution in [-0.2, 0) is 18.4 Å². The second kappa shape index (κ2) is 5.82. The van der Waals surface area contributed by atoms with Gasteiger partial charge in [-0.3, -0.25) is 9.61 Å². The van der Waals surface area contributed by atoms with Gasteiger partial charge in [0.2, 0.25) is 0 Å². The highest BCUT2D eigenvalue weighted by molar-refractivity contribution is 7.56. The number of hydrogen-bond acceptors (Lipinski definition) is 5. The number of carbonyl (C=O) groups excluding carboxylic acids is 1. The highest BCUT2D eigenvalue weighted by Crippen LogP contribution is 2.47. The predicted molar refractivity (Wildman–Crippen MR) is 64.4 cm³/mol. The smallest absolute Gasteiger partial charge is 0.374 e. The SMILES string of the molecule is COP(=O)(Nc1ccccc1)OC(=O)[C@H](C)N. The Morgan fingerprint density at radius 3 is 2.47 bits per heavy atom. The van der Waals surface area contributed by atoms with Crippen molar-refractivity contribution in [3.8, 4) is 0 Å². The summed E-state index contributed by atoms with van der Waals surface area (Å²) in [5.74, 6) is -0.793. The van der Waals surface area contributed by atoms with E-state index in [4.69, 9.17) is 14.8 Å². The second-order valence-corrected chi connectivity index (χ2v) is 5.12. The minimum absolute atomic E-state index is 0.523. The van der Waals surface area contributed by atoms with Crippen LogP contribution in [0, 0.1) is 0 Å². The molecule has 0 aromatic heterocycles. The monoisotopic (exact) mass is 258 g/mol. The zero-order valence-electron chi connectivity index (χ0n) is 9.62. The number of para-hydroxylation sites is 1. The van der Waals surface area contributed by atoms with E-state index >= 15 is 0 Å². The van der Waals surface area contributed by atoms with Crippen LogP contribution >= 0.6 is 7.75 Å². The van der Waals surface area contributed by atoms with Gasteiger partial charge in [-0.2, -0.15) is 0 Å². The molecular weight excluding hydrogens is 243 g/mol. The molecule has 0 amide bonds. The molecule has 0 radical (unpaired) electrons.